The van der Waals surface area contributed by atoms with Crippen LogP contribution in [0.5, 0.6) is 5.75 Å². The van der Waals surface area contributed by atoms with Crippen molar-refractivity contribution in [2.75, 3.05) is 44.2 Å². The highest BCUT2D eigenvalue weighted by Crippen LogP contribution is 2.31. The Kier molecular flexibility index (Phi) is 7.34. The maximum absolute atomic E-state index is 12.4. The van der Waals surface area contributed by atoms with Gasteiger partial charge in [-0.2, -0.15) is 0 Å². The lowest BCUT2D eigenvalue weighted by Crippen LogP contribution is -2.50. The van der Waals surface area contributed by atoms with Crippen molar-refractivity contribution in [1.82, 2.24) is 9.80 Å². The van der Waals surface area contributed by atoms with Gasteiger partial charge in [-0.1, -0.05) is 26.0 Å². The Labute approximate surface area is 186 Å². The molecule has 2 heterocycles. The zero-order valence-electron chi connectivity index (χ0n) is 19.6. The predicted octanol–water partition coefficient (Wildman–Crippen LogP) is 3.77. The fourth-order valence-corrected chi connectivity index (χ4v) is 4.05. The second-order valence-corrected chi connectivity index (χ2v) is 9.74. The molecule has 2 aliphatic heterocycles. The molecule has 0 bridgehead atoms. The molecule has 0 saturated carbocycles. The third-order valence-corrected chi connectivity index (χ3v) is 5.61. The largest absolute Gasteiger partial charge is 0.486 e. The number of hydrogen-bond donors (Lipinski definition) is 0. The van der Waals surface area contributed by atoms with Crippen molar-refractivity contribution in [3.63, 3.8) is 0 Å². The SMILES string of the molecule is CC(C)C(=O)N1CCCC(Oc2ccccc2N2CCN(C(=O)OC(C)(C)C)CC2)C1. The van der Waals surface area contributed by atoms with Crippen LogP contribution in [-0.4, -0.2) is 72.8 Å². The van der Waals surface area contributed by atoms with Crippen molar-refractivity contribution in [1.29, 1.82) is 0 Å². The minimum absolute atomic E-state index is 0.000604. The number of likely N-dealkylation sites (tertiary alicyclic amines) is 1. The van der Waals surface area contributed by atoms with E-state index in [1.807, 2.05) is 57.7 Å². The van der Waals surface area contributed by atoms with Gasteiger partial charge in [-0.15, -0.1) is 0 Å². The fourth-order valence-electron chi connectivity index (χ4n) is 4.05. The molecule has 0 aliphatic carbocycles. The number of piperidine rings is 1. The van der Waals surface area contributed by atoms with E-state index in [0.29, 0.717) is 19.6 Å². The van der Waals surface area contributed by atoms with Gasteiger partial charge in [0.2, 0.25) is 5.91 Å². The molecule has 3 rings (SSSR count). The van der Waals surface area contributed by atoms with Gasteiger partial charge in [0, 0.05) is 38.6 Å². The number of rotatable bonds is 4. The second kappa shape index (κ2) is 9.79. The summed E-state index contributed by atoms with van der Waals surface area (Å²) in [5, 5.41) is 0. The lowest BCUT2D eigenvalue weighted by atomic mass is 10.1. The van der Waals surface area contributed by atoms with Gasteiger partial charge in [0.25, 0.3) is 0 Å². The van der Waals surface area contributed by atoms with Crippen LogP contribution in [0.1, 0.15) is 47.5 Å². The number of carbonyl (C=O) groups excluding carboxylic acids is 2. The van der Waals surface area contributed by atoms with Crippen LogP contribution in [-0.2, 0) is 9.53 Å². The molecule has 2 aliphatic rings. The maximum Gasteiger partial charge on any atom is 0.410 e. The first-order chi connectivity index (χ1) is 14.6. The van der Waals surface area contributed by atoms with Gasteiger partial charge in [0.1, 0.15) is 17.5 Å². The summed E-state index contributed by atoms with van der Waals surface area (Å²) >= 11 is 0. The number of piperazine rings is 1. The Bertz CT molecular complexity index is 766. The first-order valence-electron chi connectivity index (χ1n) is 11.4. The van der Waals surface area contributed by atoms with Gasteiger partial charge in [-0.25, -0.2) is 4.79 Å². The number of carbonyl (C=O) groups is 2. The van der Waals surface area contributed by atoms with E-state index in [4.69, 9.17) is 9.47 Å². The molecule has 0 radical (unpaired) electrons. The van der Waals surface area contributed by atoms with E-state index in [1.54, 1.807) is 4.90 Å². The van der Waals surface area contributed by atoms with Crippen LogP contribution in [0.3, 0.4) is 0 Å². The van der Waals surface area contributed by atoms with Gasteiger partial charge in [0.05, 0.1) is 12.2 Å². The average molecular weight is 432 g/mol. The van der Waals surface area contributed by atoms with E-state index in [-0.39, 0.29) is 24.0 Å². The minimum atomic E-state index is -0.487. The molecule has 2 fully saturated rings. The van der Waals surface area contributed by atoms with Gasteiger partial charge < -0.3 is 24.2 Å². The number of para-hydroxylation sites is 2. The van der Waals surface area contributed by atoms with Crippen molar-refractivity contribution in [3.8, 4) is 5.75 Å². The van der Waals surface area contributed by atoms with Gasteiger partial charge in [-0.05, 0) is 45.7 Å². The summed E-state index contributed by atoms with van der Waals surface area (Å²) in [6.07, 6.45) is 1.65. The summed E-state index contributed by atoms with van der Waals surface area (Å²) < 4.78 is 11.9. The highest BCUT2D eigenvalue weighted by atomic mass is 16.6. The summed E-state index contributed by atoms with van der Waals surface area (Å²) in [4.78, 5) is 30.7. The quantitative estimate of drug-likeness (QED) is 0.726. The molecule has 1 atom stereocenters. The predicted molar refractivity (Wildman–Crippen MR) is 122 cm³/mol. The summed E-state index contributed by atoms with van der Waals surface area (Å²) in [5.41, 5.74) is 0.554. The Morgan fingerprint density at radius 1 is 1.00 bits per heavy atom. The first kappa shape index (κ1) is 23.2. The van der Waals surface area contributed by atoms with E-state index in [1.165, 1.54) is 0 Å². The van der Waals surface area contributed by atoms with E-state index in [9.17, 15) is 9.59 Å². The fraction of sp³-hybridized carbons (Fsp3) is 0.667. The Balaban J connectivity index is 1.61. The summed E-state index contributed by atoms with van der Waals surface area (Å²) in [5.74, 6) is 1.05. The van der Waals surface area contributed by atoms with Crippen molar-refractivity contribution < 1.29 is 19.1 Å². The molecule has 1 aromatic rings. The minimum Gasteiger partial charge on any atom is -0.486 e. The molecule has 0 aromatic heterocycles. The summed E-state index contributed by atoms with van der Waals surface area (Å²) in [7, 11) is 0. The smallest absolute Gasteiger partial charge is 0.410 e. The third-order valence-electron chi connectivity index (χ3n) is 5.61. The lowest BCUT2D eigenvalue weighted by Gasteiger charge is -2.38. The zero-order valence-corrected chi connectivity index (χ0v) is 19.6. The number of ether oxygens (including phenoxy) is 2. The Hall–Kier alpha value is -2.44. The molecular weight excluding hydrogens is 394 g/mol. The molecule has 1 unspecified atom stereocenters. The van der Waals surface area contributed by atoms with Gasteiger partial charge >= 0.3 is 6.09 Å². The molecule has 1 aromatic carbocycles. The molecule has 172 valence electrons. The van der Waals surface area contributed by atoms with Crippen molar-refractivity contribution in [3.05, 3.63) is 24.3 Å². The van der Waals surface area contributed by atoms with E-state index in [0.717, 1.165) is 43.9 Å². The van der Waals surface area contributed by atoms with Gasteiger partial charge in [0.15, 0.2) is 0 Å². The molecule has 2 amide bonds. The molecular formula is C24H37N3O4. The highest BCUT2D eigenvalue weighted by molar-refractivity contribution is 5.78. The number of amides is 2. The summed E-state index contributed by atoms with van der Waals surface area (Å²) in [6, 6.07) is 8.06. The van der Waals surface area contributed by atoms with E-state index in [2.05, 4.69) is 11.0 Å². The highest BCUT2D eigenvalue weighted by Gasteiger charge is 2.29. The Morgan fingerprint density at radius 3 is 2.32 bits per heavy atom. The van der Waals surface area contributed by atoms with Crippen LogP contribution in [0.2, 0.25) is 0 Å². The maximum atomic E-state index is 12.4. The zero-order chi connectivity index (χ0) is 22.6. The number of nitrogens with zero attached hydrogens (tertiary/aromatic N) is 3. The number of anilines is 1. The van der Waals surface area contributed by atoms with Crippen LogP contribution in [0.4, 0.5) is 10.5 Å². The number of hydrogen-bond acceptors (Lipinski definition) is 5. The number of benzene rings is 1. The molecule has 7 nitrogen and oxygen atoms in total. The van der Waals surface area contributed by atoms with Crippen molar-refractivity contribution >= 4 is 17.7 Å². The van der Waals surface area contributed by atoms with Crippen LogP contribution in [0.25, 0.3) is 0 Å². The third kappa shape index (κ3) is 6.28. The van der Waals surface area contributed by atoms with Crippen LogP contribution in [0.15, 0.2) is 24.3 Å². The van der Waals surface area contributed by atoms with Crippen LogP contribution >= 0.6 is 0 Å². The molecule has 7 heteroatoms. The monoisotopic (exact) mass is 431 g/mol. The topological polar surface area (TPSA) is 62.3 Å². The summed E-state index contributed by atoms with van der Waals surface area (Å²) in [6.45, 7) is 13.7. The van der Waals surface area contributed by atoms with Crippen LogP contribution < -0.4 is 9.64 Å². The van der Waals surface area contributed by atoms with Crippen molar-refractivity contribution in [2.24, 2.45) is 5.92 Å². The van der Waals surface area contributed by atoms with E-state index < -0.39 is 5.60 Å². The van der Waals surface area contributed by atoms with E-state index >= 15 is 0 Å². The molecule has 0 N–H and O–H groups in total. The average Bonchev–Trinajstić information content (AvgIpc) is 2.72. The van der Waals surface area contributed by atoms with Crippen molar-refractivity contribution in [2.45, 2.75) is 59.2 Å². The molecule has 0 spiro atoms. The van der Waals surface area contributed by atoms with Crippen LogP contribution in [0, 0.1) is 5.92 Å². The normalized spacial score (nSPS) is 20.1. The first-order valence-corrected chi connectivity index (χ1v) is 11.4. The second-order valence-electron chi connectivity index (χ2n) is 9.74. The Morgan fingerprint density at radius 2 is 1.68 bits per heavy atom. The standard InChI is InChI=1S/C24H37N3O4/c1-18(2)22(28)27-12-8-9-19(17-27)30-21-11-7-6-10-20(21)25-13-15-26(16-14-25)23(29)31-24(3,4)5/h6-7,10-11,18-19H,8-9,12-17H2,1-5H3. The lowest BCUT2D eigenvalue weighted by molar-refractivity contribution is -0.137. The van der Waals surface area contributed by atoms with Gasteiger partial charge in [-0.3, -0.25) is 4.79 Å². The molecule has 2 saturated heterocycles. The molecule has 31 heavy (non-hydrogen) atoms.